The molecule has 0 bridgehead atoms. The number of terminal acetylenes is 1. The molecule has 200 valence electrons. The Balaban J connectivity index is 1.21. The first-order chi connectivity index (χ1) is 19.6. The lowest BCUT2D eigenvalue weighted by Crippen LogP contribution is -2.46. The van der Waals surface area contributed by atoms with E-state index in [1.165, 1.54) is 11.3 Å². The van der Waals surface area contributed by atoms with Gasteiger partial charge in [0.25, 0.3) is 11.8 Å². The van der Waals surface area contributed by atoms with Crippen molar-refractivity contribution in [2.75, 3.05) is 42.9 Å². The third-order valence-corrected chi connectivity index (χ3v) is 8.06. The molecule has 2 aromatic carbocycles. The lowest BCUT2D eigenvalue weighted by Gasteiger charge is -2.34. The minimum Gasteiger partial charge on any atom is -0.354 e. The van der Waals surface area contributed by atoms with Crippen LogP contribution in [0.3, 0.4) is 0 Å². The summed E-state index contributed by atoms with van der Waals surface area (Å²) in [6, 6.07) is 18.6. The molecule has 40 heavy (non-hydrogen) atoms. The molecular weight excluding hydrogens is 520 g/mol. The van der Waals surface area contributed by atoms with E-state index in [2.05, 4.69) is 26.0 Å². The van der Waals surface area contributed by atoms with Gasteiger partial charge in [-0.05, 0) is 34.9 Å². The molecule has 4 heterocycles. The summed E-state index contributed by atoms with van der Waals surface area (Å²) in [6.07, 6.45) is 8.94. The maximum absolute atomic E-state index is 13.7. The summed E-state index contributed by atoms with van der Waals surface area (Å²) in [6.45, 7) is 4.64. The number of anilines is 2. The second kappa shape index (κ2) is 11.3. The molecule has 2 amide bonds. The van der Waals surface area contributed by atoms with Crippen LogP contribution in [0.1, 0.15) is 27.5 Å². The maximum atomic E-state index is 13.7. The number of nitrogens with one attached hydrogen (secondary N) is 1. The fourth-order valence-electron chi connectivity index (χ4n) is 5.29. The number of carbonyl (C=O) groups is 2. The van der Waals surface area contributed by atoms with Crippen LogP contribution in [0, 0.1) is 12.3 Å². The number of benzene rings is 2. The lowest BCUT2D eigenvalue weighted by atomic mass is 10.0. The molecule has 2 aliphatic heterocycles. The number of hydrogen-bond acceptors (Lipinski definition) is 7. The predicted molar refractivity (Wildman–Crippen MR) is 157 cm³/mol. The van der Waals surface area contributed by atoms with Crippen molar-refractivity contribution in [3.8, 4) is 23.5 Å². The van der Waals surface area contributed by atoms with Crippen LogP contribution in [0.15, 0.2) is 78.4 Å². The van der Waals surface area contributed by atoms with E-state index in [9.17, 15) is 9.59 Å². The van der Waals surface area contributed by atoms with Gasteiger partial charge in [-0.2, -0.15) is 0 Å². The molecule has 4 aromatic rings. The van der Waals surface area contributed by atoms with E-state index in [1.54, 1.807) is 16.5 Å². The number of thiazole rings is 1. The highest BCUT2D eigenvalue weighted by atomic mass is 32.1. The van der Waals surface area contributed by atoms with Crippen molar-refractivity contribution in [1.82, 2.24) is 19.8 Å². The highest BCUT2D eigenvalue weighted by molar-refractivity contribution is 7.13. The van der Waals surface area contributed by atoms with Crippen molar-refractivity contribution in [2.24, 2.45) is 0 Å². The Morgan fingerprint density at radius 3 is 2.52 bits per heavy atom. The Bertz CT molecular complexity index is 1540. The number of nitrogens with zero attached hydrogens (tertiary/aromatic N) is 5. The summed E-state index contributed by atoms with van der Waals surface area (Å²) >= 11 is 1.34. The Kier molecular flexibility index (Phi) is 7.27. The zero-order chi connectivity index (χ0) is 27.5. The van der Waals surface area contributed by atoms with E-state index < -0.39 is 6.04 Å². The molecule has 2 aromatic heterocycles. The fourth-order valence-corrected chi connectivity index (χ4v) is 5.82. The number of carbonyl (C=O) groups excluding carboxylic acids is 2. The van der Waals surface area contributed by atoms with E-state index >= 15 is 0 Å². The minimum absolute atomic E-state index is 0.172. The van der Waals surface area contributed by atoms with Crippen molar-refractivity contribution in [3.05, 3.63) is 95.1 Å². The number of rotatable bonds is 7. The molecule has 0 radical (unpaired) electrons. The van der Waals surface area contributed by atoms with Crippen LogP contribution in [0.25, 0.3) is 11.1 Å². The first kappa shape index (κ1) is 25.7. The monoisotopic (exact) mass is 548 g/mol. The van der Waals surface area contributed by atoms with Crippen molar-refractivity contribution in [1.29, 1.82) is 0 Å². The number of aromatic nitrogens is 2. The van der Waals surface area contributed by atoms with Crippen LogP contribution >= 0.6 is 11.3 Å². The molecule has 1 N–H and O–H groups in total. The van der Waals surface area contributed by atoms with E-state index in [0.717, 1.165) is 54.3 Å². The average molecular weight is 549 g/mol. The number of fused-ring (bicyclic) bond motifs is 1. The smallest absolute Gasteiger partial charge is 0.255 e. The Hall–Kier alpha value is -4.52. The Morgan fingerprint density at radius 2 is 1.82 bits per heavy atom. The quantitative estimate of drug-likeness (QED) is 0.347. The average Bonchev–Trinajstić information content (AvgIpc) is 3.62. The summed E-state index contributed by atoms with van der Waals surface area (Å²) in [4.78, 5) is 42.2. The summed E-state index contributed by atoms with van der Waals surface area (Å²) < 4.78 is 0. The molecule has 0 saturated carbocycles. The van der Waals surface area contributed by atoms with Crippen molar-refractivity contribution >= 4 is 34.1 Å². The topological polar surface area (TPSA) is 81.7 Å². The highest BCUT2D eigenvalue weighted by Crippen LogP contribution is 2.35. The first-order valence-electron chi connectivity index (χ1n) is 13.2. The van der Waals surface area contributed by atoms with Gasteiger partial charge >= 0.3 is 0 Å². The molecule has 2 aliphatic rings. The molecule has 1 atom stereocenters. The van der Waals surface area contributed by atoms with Crippen LogP contribution in [0.5, 0.6) is 0 Å². The predicted octanol–water partition coefficient (Wildman–Crippen LogP) is 4.30. The van der Waals surface area contributed by atoms with Gasteiger partial charge in [-0.1, -0.05) is 48.4 Å². The van der Waals surface area contributed by atoms with Gasteiger partial charge in [0.2, 0.25) is 0 Å². The highest BCUT2D eigenvalue weighted by Gasteiger charge is 2.37. The van der Waals surface area contributed by atoms with E-state index in [4.69, 9.17) is 11.4 Å². The summed E-state index contributed by atoms with van der Waals surface area (Å²) in [5, 5.41) is 5.18. The molecular formula is C31H28N6O2S. The van der Waals surface area contributed by atoms with E-state index in [0.29, 0.717) is 23.8 Å². The van der Waals surface area contributed by atoms with Crippen molar-refractivity contribution in [3.63, 3.8) is 0 Å². The summed E-state index contributed by atoms with van der Waals surface area (Å²) in [5.41, 5.74) is 4.10. The zero-order valence-corrected chi connectivity index (χ0v) is 22.7. The fraction of sp³-hybridized carbons (Fsp3) is 0.226. The van der Waals surface area contributed by atoms with Crippen molar-refractivity contribution < 1.29 is 9.59 Å². The zero-order valence-electron chi connectivity index (χ0n) is 21.9. The largest absolute Gasteiger partial charge is 0.354 e. The maximum Gasteiger partial charge on any atom is 0.255 e. The third kappa shape index (κ3) is 5.19. The van der Waals surface area contributed by atoms with E-state index in [-0.39, 0.29) is 11.8 Å². The normalized spacial score (nSPS) is 15.9. The van der Waals surface area contributed by atoms with Gasteiger partial charge in [0.15, 0.2) is 5.13 Å². The molecule has 0 spiro atoms. The van der Waals surface area contributed by atoms with Crippen LogP contribution in [0.2, 0.25) is 0 Å². The number of amides is 2. The van der Waals surface area contributed by atoms with Crippen LogP contribution < -0.4 is 10.2 Å². The van der Waals surface area contributed by atoms with Crippen molar-refractivity contribution in [2.45, 2.75) is 12.6 Å². The Morgan fingerprint density at radius 1 is 1.02 bits per heavy atom. The molecule has 1 saturated heterocycles. The second-order valence-electron chi connectivity index (χ2n) is 9.82. The van der Waals surface area contributed by atoms with Crippen LogP contribution in [-0.2, 0) is 11.3 Å². The number of hydrogen-bond donors (Lipinski definition) is 1. The molecule has 8 nitrogen and oxygen atoms in total. The molecule has 1 unspecified atom stereocenters. The SMILES string of the molecule is C#CCN1CCN(c2ccc(-c3ccc4c(c3)C(=O)N(C(C(=O)Nc3nccs3)c3ccccc3)C4)cn2)CC1. The first-order valence-corrected chi connectivity index (χ1v) is 14.0. The minimum atomic E-state index is -0.782. The van der Waals surface area contributed by atoms with Gasteiger partial charge in [0.1, 0.15) is 11.9 Å². The van der Waals surface area contributed by atoms with E-state index in [1.807, 2.05) is 66.9 Å². The van der Waals surface area contributed by atoms with Gasteiger partial charge in [-0.3, -0.25) is 19.8 Å². The van der Waals surface area contributed by atoms with Gasteiger partial charge in [0.05, 0.1) is 6.54 Å². The number of piperazine rings is 1. The molecule has 9 heteroatoms. The van der Waals surface area contributed by atoms with Crippen LogP contribution in [-0.4, -0.2) is 64.3 Å². The standard InChI is InChI=1S/C31H28N6O2S/c1-2-13-35-14-16-36(17-15-35)27-11-10-24(20-33-27)23-8-9-25-21-37(30(39)26(25)19-23)28(22-6-4-3-5-7-22)29(38)34-31-32-12-18-40-31/h1,3-12,18-20,28H,13-17,21H2,(H,32,34,38). The second-order valence-corrected chi connectivity index (χ2v) is 10.7. The molecule has 1 fully saturated rings. The number of pyridine rings is 1. The summed E-state index contributed by atoms with van der Waals surface area (Å²) in [5.74, 6) is 3.19. The van der Waals surface area contributed by atoms with Gasteiger partial charge in [-0.25, -0.2) is 9.97 Å². The van der Waals surface area contributed by atoms with Gasteiger partial charge < -0.3 is 9.80 Å². The molecule has 0 aliphatic carbocycles. The Labute approximate surface area is 237 Å². The summed E-state index contributed by atoms with van der Waals surface area (Å²) in [7, 11) is 0. The van der Waals surface area contributed by atoms with Crippen LogP contribution in [0.4, 0.5) is 10.9 Å². The van der Waals surface area contributed by atoms with Gasteiger partial charge in [0, 0.05) is 61.6 Å². The molecule has 6 rings (SSSR count). The lowest BCUT2D eigenvalue weighted by molar-refractivity contribution is -0.120. The van der Waals surface area contributed by atoms with Gasteiger partial charge in [-0.15, -0.1) is 17.8 Å². The third-order valence-electron chi connectivity index (χ3n) is 7.37.